The van der Waals surface area contributed by atoms with Gasteiger partial charge < -0.3 is 14.4 Å². The summed E-state index contributed by atoms with van der Waals surface area (Å²) in [6, 6.07) is 14.6. The number of carbonyl (C=O) groups is 2. The Hall–Kier alpha value is -3.67. The minimum Gasteiger partial charge on any atom is -0.478 e. The molecule has 0 saturated heterocycles. The smallest absolute Gasteiger partial charge is 0.357 e. The minimum atomic E-state index is -0.960. The Balaban J connectivity index is 2.01. The first kappa shape index (κ1) is 23.0. The third-order valence-electron chi connectivity index (χ3n) is 5.16. The number of benzene rings is 2. The maximum atomic E-state index is 12.8. The van der Waals surface area contributed by atoms with E-state index in [0.717, 1.165) is 29.8 Å². The van der Waals surface area contributed by atoms with E-state index in [1.807, 2.05) is 41.8 Å². The molecule has 6 heteroatoms. The second-order valence-electron chi connectivity index (χ2n) is 7.61. The number of allylic oxidation sites excluding steroid dienone is 1. The molecular formula is C26H28N2O4. The van der Waals surface area contributed by atoms with Gasteiger partial charge in [-0.25, -0.2) is 14.6 Å². The number of imidazole rings is 1. The van der Waals surface area contributed by atoms with Gasteiger partial charge in [-0.15, -0.1) is 0 Å². The molecule has 0 aliphatic carbocycles. The number of carboxylic acids is 1. The molecular weight excluding hydrogens is 404 g/mol. The summed E-state index contributed by atoms with van der Waals surface area (Å²) in [5, 5.41) is 9.47. The highest BCUT2D eigenvalue weighted by Gasteiger charge is 2.24. The van der Waals surface area contributed by atoms with Crippen molar-refractivity contribution in [3.63, 3.8) is 0 Å². The summed E-state index contributed by atoms with van der Waals surface area (Å²) in [6.07, 6.45) is 1.61. The van der Waals surface area contributed by atoms with Crippen LogP contribution >= 0.6 is 0 Å². The van der Waals surface area contributed by atoms with Gasteiger partial charge in [0, 0.05) is 13.0 Å². The average Bonchev–Trinajstić information content (AvgIpc) is 3.13. The number of nitrogens with zero attached hydrogens (tertiary/aromatic N) is 2. The molecule has 0 aliphatic heterocycles. The van der Waals surface area contributed by atoms with E-state index in [0.29, 0.717) is 29.1 Å². The van der Waals surface area contributed by atoms with Crippen LogP contribution < -0.4 is 0 Å². The molecule has 0 saturated carbocycles. The summed E-state index contributed by atoms with van der Waals surface area (Å²) in [4.78, 5) is 29.0. The second-order valence-corrected chi connectivity index (χ2v) is 7.61. The van der Waals surface area contributed by atoms with Crippen molar-refractivity contribution in [2.45, 2.75) is 40.2 Å². The Bertz CT molecular complexity index is 1140. The highest BCUT2D eigenvalue weighted by atomic mass is 16.5. The Kier molecular flexibility index (Phi) is 7.25. The average molecular weight is 433 g/mol. The SMILES string of the molecule is C=C(C)c1nc(CCC)n(Cc2ccc(-c3ccccc3C(=O)O)cc2)c1C(=O)OCC. The van der Waals surface area contributed by atoms with Crippen LogP contribution in [0.1, 0.15) is 65.1 Å². The van der Waals surface area contributed by atoms with Crippen molar-refractivity contribution in [3.8, 4) is 11.1 Å². The van der Waals surface area contributed by atoms with Gasteiger partial charge in [-0.2, -0.15) is 0 Å². The summed E-state index contributed by atoms with van der Waals surface area (Å²) in [5.41, 5.74) is 4.41. The van der Waals surface area contributed by atoms with Gasteiger partial charge in [-0.05, 0) is 48.6 Å². The van der Waals surface area contributed by atoms with E-state index in [4.69, 9.17) is 9.72 Å². The fourth-order valence-corrected chi connectivity index (χ4v) is 3.68. The van der Waals surface area contributed by atoms with Crippen LogP contribution in [0.2, 0.25) is 0 Å². The van der Waals surface area contributed by atoms with Crippen molar-refractivity contribution in [2.24, 2.45) is 0 Å². The number of aromatic carboxylic acids is 1. The third kappa shape index (κ3) is 4.80. The maximum Gasteiger partial charge on any atom is 0.357 e. The van der Waals surface area contributed by atoms with E-state index in [1.165, 1.54) is 0 Å². The number of aromatic nitrogens is 2. The van der Waals surface area contributed by atoms with E-state index >= 15 is 0 Å². The molecule has 2 aromatic carbocycles. The lowest BCUT2D eigenvalue weighted by Gasteiger charge is -2.13. The first-order valence-electron chi connectivity index (χ1n) is 10.7. The number of hydrogen-bond acceptors (Lipinski definition) is 4. The van der Waals surface area contributed by atoms with Crippen LogP contribution in [0.15, 0.2) is 55.1 Å². The quantitative estimate of drug-likeness (QED) is 0.454. The molecule has 0 radical (unpaired) electrons. The Morgan fingerprint density at radius 3 is 2.38 bits per heavy atom. The van der Waals surface area contributed by atoms with Crippen molar-refractivity contribution >= 4 is 17.5 Å². The summed E-state index contributed by atoms with van der Waals surface area (Å²) in [6.45, 7) is 10.4. The third-order valence-corrected chi connectivity index (χ3v) is 5.16. The molecule has 0 unspecified atom stereocenters. The molecule has 0 fully saturated rings. The zero-order valence-electron chi connectivity index (χ0n) is 18.7. The number of aryl methyl sites for hydroxylation is 1. The van der Waals surface area contributed by atoms with Gasteiger partial charge in [-0.1, -0.05) is 56.0 Å². The molecule has 0 bridgehead atoms. The van der Waals surface area contributed by atoms with Gasteiger partial charge >= 0.3 is 11.9 Å². The van der Waals surface area contributed by atoms with Crippen molar-refractivity contribution in [1.29, 1.82) is 0 Å². The highest BCUT2D eigenvalue weighted by molar-refractivity contribution is 5.96. The number of esters is 1. The molecule has 0 aliphatic rings. The van der Waals surface area contributed by atoms with E-state index < -0.39 is 11.9 Å². The Morgan fingerprint density at radius 2 is 1.78 bits per heavy atom. The predicted octanol–water partition coefficient (Wildman–Crippen LogP) is 5.46. The normalized spacial score (nSPS) is 10.7. The molecule has 3 rings (SSSR count). The molecule has 3 aromatic rings. The fraction of sp³-hybridized carbons (Fsp3) is 0.269. The molecule has 166 valence electrons. The molecule has 1 heterocycles. The molecule has 6 nitrogen and oxygen atoms in total. The van der Waals surface area contributed by atoms with Crippen molar-refractivity contribution in [2.75, 3.05) is 6.61 Å². The zero-order chi connectivity index (χ0) is 23.3. The molecule has 0 spiro atoms. The van der Waals surface area contributed by atoms with Gasteiger partial charge in [0.15, 0.2) is 5.69 Å². The topological polar surface area (TPSA) is 81.4 Å². The van der Waals surface area contributed by atoms with E-state index in [9.17, 15) is 14.7 Å². The largest absolute Gasteiger partial charge is 0.478 e. The number of hydrogen-bond donors (Lipinski definition) is 1. The van der Waals surface area contributed by atoms with E-state index in [-0.39, 0.29) is 12.2 Å². The summed E-state index contributed by atoms with van der Waals surface area (Å²) < 4.78 is 7.21. The minimum absolute atomic E-state index is 0.260. The van der Waals surface area contributed by atoms with Crippen molar-refractivity contribution in [1.82, 2.24) is 9.55 Å². The monoisotopic (exact) mass is 432 g/mol. The summed E-state index contributed by atoms with van der Waals surface area (Å²) in [5.74, 6) is -0.556. The van der Waals surface area contributed by atoms with Gasteiger partial charge in [0.2, 0.25) is 0 Å². The zero-order valence-corrected chi connectivity index (χ0v) is 18.7. The Morgan fingerprint density at radius 1 is 1.09 bits per heavy atom. The van der Waals surface area contributed by atoms with Crippen LogP contribution in [0.25, 0.3) is 16.7 Å². The van der Waals surface area contributed by atoms with Crippen LogP contribution in [0, 0.1) is 0 Å². The molecule has 1 aromatic heterocycles. The van der Waals surface area contributed by atoms with Crippen LogP contribution in [-0.4, -0.2) is 33.2 Å². The number of carboxylic acid groups (broad SMARTS) is 1. The molecule has 0 atom stereocenters. The lowest BCUT2D eigenvalue weighted by atomic mass is 9.98. The van der Waals surface area contributed by atoms with Gasteiger partial charge in [0.1, 0.15) is 5.82 Å². The molecule has 32 heavy (non-hydrogen) atoms. The lowest BCUT2D eigenvalue weighted by Crippen LogP contribution is -2.16. The predicted molar refractivity (Wildman–Crippen MR) is 125 cm³/mol. The first-order valence-corrected chi connectivity index (χ1v) is 10.7. The molecule has 0 amide bonds. The summed E-state index contributed by atoms with van der Waals surface area (Å²) >= 11 is 0. The lowest BCUT2D eigenvalue weighted by molar-refractivity contribution is 0.0513. The standard InChI is InChI=1S/C26H28N2O4/c1-5-9-22-27-23(17(3)4)24(26(31)32-6-2)28(22)16-18-12-14-19(15-13-18)20-10-7-8-11-21(20)25(29)30/h7-8,10-15H,3,5-6,9,16H2,1-2,4H3,(H,29,30). The van der Waals surface area contributed by atoms with E-state index in [2.05, 4.69) is 13.5 Å². The van der Waals surface area contributed by atoms with Crippen LogP contribution in [0.5, 0.6) is 0 Å². The van der Waals surface area contributed by atoms with Crippen LogP contribution in [-0.2, 0) is 17.7 Å². The highest BCUT2D eigenvalue weighted by Crippen LogP contribution is 2.26. The number of carbonyl (C=O) groups excluding carboxylic acids is 1. The Labute approximate surface area is 188 Å². The van der Waals surface area contributed by atoms with E-state index in [1.54, 1.807) is 25.1 Å². The van der Waals surface area contributed by atoms with Gasteiger partial charge in [0.25, 0.3) is 0 Å². The van der Waals surface area contributed by atoms with Crippen molar-refractivity contribution < 1.29 is 19.4 Å². The van der Waals surface area contributed by atoms with Gasteiger partial charge in [-0.3, -0.25) is 0 Å². The van der Waals surface area contributed by atoms with Crippen LogP contribution in [0.3, 0.4) is 0 Å². The molecule has 1 N–H and O–H groups in total. The fourth-order valence-electron chi connectivity index (χ4n) is 3.68. The summed E-state index contributed by atoms with van der Waals surface area (Å²) in [7, 11) is 0. The van der Waals surface area contributed by atoms with Crippen LogP contribution in [0.4, 0.5) is 0 Å². The van der Waals surface area contributed by atoms with Crippen molar-refractivity contribution in [3.05, 3.63) is 83.4 Å². The second kappa shape index (κ2) is 10.1. The van der Waals surface area contributed by atoms with Gasteiger partial charge in [0.05, 0.1) is 17.9 Å². The number of rotatable bonds is 9. The number of ether oxygens (including phenoxy) is 1. The first-order chi connectivity index (χ1) is 15.4. The maximum absolute atomic E-state index is 12.8.